The van der Waals surface area contributed by atoms with E-state index in [0.29, 0.717) is 26.2 Å². The molecule has 0 saturated carbocycles. The minimum absolute atomic E-state index is 0.202. The van der Waals surface area contributed by atoms with Gasteiger partial charge in [-0.2, -0.15) is 4.31 Å². The number of methoxy groups -OCH3 is 1. The number of piperazine rings is 1. The van der Waals surface area contributed by atoms with Crippen LogP contribution >= 0.6 is 0 Å². The van der Waals surface area contributed by atoms with E-state index >= 15 is 0 Å². The smallest absolute Gasteiger partial charge is 0.247 e. The van der Waals surface area contributed by atoms with Gasteiger partial charge < -0.3 is 9.64 Å². The number of hydrogen-bond donors (Lipinski definition) is 2. The summed E-state index contributed by atoms with van der Waals surface area (Å²) < 4.78 is 32.2. The van der Waals surface area contributed by atoms with Crippen LogP contribution < -0.4 is 15.1 Å². The molecule has 1 heterocycles. The van der Waals surface area contributed by atoms with Crippen molar-refractivity contribution in [2.45, 2.75) is 13.8 Å². The van der Waals surface area contributed by atoms with Gasteiger partial charge in [0.2, 0.25) is 15.9 Å². The molecule has 0 radical (unpaired) electrons. The molecule has 1 atom stereocenters. The van der Waals surface area contributed by atoms with E-state index in [2.05, 4.69) is 4.90 Å². The van der Waals surface area contributed by atoms with Gasteiger partial charge in [0.15, 0.2) is 0 Å². The van der Waals surface area contributed by atoms with Crippen molar-refractivity contribution in [1.29, 1.82) is 0 Å². The minimum atomic E-state index is -3.60. The number of rotatable bonds is 7. The first kappa shape index (κ1) is 20.5. The summed E-state index contributed by atoms with van der Waals surface area (Å²) in [4.78, 5) is 13.8. The molecule has 2 N–H and O–H groups in total. The van der Waals surface area contributed by atoms with Crippen molar-refractivity contribution in [3.63, 3.8) is 0 Å². The lowest BCUT2D eigenvalue weighted by Crippen LogP contribution is -2.51. The molecule has 146 valence electrons. The highest BCUT2D eigenvalue weighted by molar-refractivity contribution is 7.89. The molecule has 1 aromatic carbocycles. The molecule has 9 heteroatoms. The number of amides is 1. The molecule has 0 bridgehead atoms. The van der Waals surface area contributed by atoms with Gasteiger partial charge in [-0.25, -0.2) is 13.9 Å². The normalized spacial score (nSPS) is 17.2. The van der Waals surface area contributed by atoms with Crippen molar-refractivity contribution in [2.75, 3.05) is 43.9 Å². The molecular weight excluding hydrogens is 358 g/mol. The maximum atomic E-state index is 12.7. The monoisotopic (exact) mass is 385 g/mol. The number of nitrogens with one attached hydrogen (secondary N) is 1. The molecule has 1 aliphatic rings. The number of hydroxylamine groups is 1. The maximum absolute atomic E-state index is 12.7. The Balaban J connectivity index is 2.05. The van der Waals surface area contributed by atoms with E-state index in [1.165, 1.54) is 4.31 Å². The molecule has 2 rings (SSSR count). The average Bonchev–Trinajstić information content (AvgIpc) is 2.65. The summed E-state index contributed by atoms with van der Waals surface area (Å²) in [6.45, 7) is 5.28. The van der Waals surface area contributed by atoms with E-state index in [9.17, 15) is 13.2 Å². The highest BCUT2D eigenvalue weighted by atomic mass is 32.2. The molecule has 1 saturated heterocycles. The van der Waals surface area contributed by atoms with Crippen LogP contribution in [0.5, 0.6) is 5.75 Å². The molecule has 8 nitrogen and oxygen atoms in total. The van der Waals surface area contributed by atoms with E-state index in [1.807, 2.05) is 24.3 Å². The zero-order chi connectivity index (χ0) is 19.3. The largest absolute Gasteiger partial charge is 0.495 e. The van der Waals surface area contributed by atoms with Gasteiger partial charge in [-0.15, -0.1) is 0 Å². The van der Waals surface area contributed by atoms with Gasteiger partial charge in [0.25, 0.3) is 0 Å². The minimum Gasteiger partial charge on any atom is -0.495 e. The number of hydrogen-bond acceptors (Lipinski definition) is 6. The van der Waals surface area contributed by atoms with Crippen molar-refractivity contribution >= 4 is 21.6 Å². The van der Waals surface area contributed by atoms with E-state index < -0.39 is 21.8 Å². The summed E-state index contributed by atoms with van der Waals surface area (Å²) in [5.74, 6) is -1.23. The summed E-state index contributed by atoms with van der Waals surface area (Å²) in [6, 6.07) is 7.63. The maximum Gasteiger partial charge on any atom is 0.247 e. The lowest BCUT2D eigenvalue weighted by Gasteiger charge is -2.36. The van der Waals surface area contributed by atoms with Gasteiger partial charge in [0.05, 0.1) is 24.5 Å². The Hall–Kier alpha value is -1.84. The molecular formula is C17H27N3O5S. The standard InChI is InChI=1S/C17H27N3O5S/c1-13(2)14(17(21)18-22)12-26(23,24)20-10-8-19(9-11-20)15-6-4-5-7-16(15)25-3/h4-7,13-14,22H,8-12H2,1-3H3,(H,18,21). The van der Waals surface area contributed by atoms with Crippen molar-refractivity contribution in [3.05, 3.63) is 24.3 Å². The van der Waals surface area contributed by atoms with Crippen LogP contribution in [0.25, 0.3) is 0 Å². The Morgan fingerprint density at radius 1 is 1.23 bits per heavy atom. The fourth-order valence-electron chi connectivity index (χ4n) is 3.08. The fraction of sp³-hybridized carbons (Fsp3) is 0.588. The van der Waals surface area contributed by atoms with Crippen LogP contribution in [-0.2, 0) is 14.8 Å². The topological polar surface area (TPSA) is 99.2 Å². The van der Waals surface area contributed by atoms with Gasteiger partial charge in [-0.3, -0.25) is 10.0 Å². The second kappa shape index (κ2) is 8.70. The average molecular weight is 385 g/mol. The summed E-state index contributed by atoms with van der Waals surface area (Å²) >= 11 is 0. The van der Waals surface area contributed by atoms with Crippen LogP contribution in [-0.4, -0.2) is 62.9 Å². The molecule has 0 spiro atoms. The Labute approximate surface area is 154 Å². The van der Waals surface area contributed by atoms with E-state index in [1.54, 1.807) is 26.4 Å². The number of sulfonamides is 1. The number of para-hydroxylation sites is 2. The molecule has 1 aromatic rings. The lowest BCUT2D eigenvalue weighted by molar-refractivity contribution is -0.134. The molecule has 1 aliphatic heterocycles. The van der Waals surface area contributed by atoms with Crippen molar-refractivity contribution in [2.24, 2.45) is 11.8 Å². The van der Waals surface area contributed by atoms with Gasteiger partial charge in [0.1, 0.15) is 5.75 Å². The second-order valence-corrected chi connectivity index (χ2v) is 8.68. The van der Waals surface area contributed by atoms with Crippen molar-refractivity contribution in [1.82, 2.24) is 9.79 Å². The number of benzene rings is 1. The van der Waals surface area contributed by atoms with Crippen LogP contribution in [0.4, 0.5) is 5.69 Å². The summed E-state index contributed by atoms with van der Waals surface area (Å²) in [5, 5.41) is 8.84. The summed E-state index contributed by atoms with van der Waals surface area (Å²) in [5.41, 5.74) is 2.51. The number of carbonyl (C=O) groups is 1. The zero-order valence-electron chi connectivity index (χ0n) is 15.4. The van der Waals surface area contributed by atoms with Crippen molar-refractivity contribution in [3.8, 4) is 5.75 Å². The van der Waals surface area contributed by atoms with E-state index in [-0.39, 0.29) is 11.7 Å². The molecule has 26 heavy (non-hydrogen) atoms. The zero-order valence-corrected chi connectivity index (χ0v) is 16.2. The Bertz CT molecular complexity index is 715. The first-order valence-corrected chi connectivity index (χ1v) is 10.2. The van der Waals surface area contributed by atoms with E-state index in [4.69, 9.17) is 9.94 Å². The van der Waals surface area contributed by atoms with Crippen LogP contribution in [0.1, 0.15) is 13.8 Å². The molecule has 0 aliphatic carbocycles. The molecule has 1 fully saturated rings. The molecule has 1 unspecified atom stereocenters. The van der Waals surface area contributed by atoms with Gasteiger partial charge >= 0.3 is 0 Å². The Morgan fingerprint density at radius 2 is 1.85 bits per heavy atom. The number of nitrogens with zero attached hydrogens (tertiary/aromatic N) is 2. The number of ether oxygens (including phenoxy) is 1. The third kappa shape index (κ3) is 4.66. The second-order valence-electron chi connectivity index (χ2n) is 6.66. The third-order valence-electron chi connectivity index (χ3n) is 4.70. The predicted molar refractivity (Wildman–Crippen MR) is 98.8 cm³/mol. The molecule has 1 amide bonds. The molecule has 0 aromatic heterocycles. The SMILES string of the molecule is COc1ccccc1N1CCN(S(=O)(=O)CC(C(=O)NO)C(C)C)CC1. The van der Waals surface area contributed by atoms with Gasteiger partial charge in [-0.1, -0.05) is 26.0 Å². The first-order chi connectivity index (χ1) is 12.3. The van der Waals surface area contributed by atoms with Crippen molar-refractivity contribution < 1.29 is 23.2 Å². The quantitative estimate of drug-likeness (QED) is 0.535. The summed E-state index contributed by atoms with van der Waals surface area (Å²) in [7, 11) is -1.99. The summed E-state index contributed by atoms with van der Waals surface area (Å²) in [6.07, 6.45) is 0. The van der Waals surface area contributed by atoms with Crippen LogP contribution in [0.3, 0.4) is 0 Å². The fourth-order valence-corrected chi connectivity index (χ4v) is 5.00. The van der Waals surface area contributed by atoms with Crippen LogP contribution in [0, 0.1) is 11.8 Å². The third-order valence-corrected chi connectivity index (χ3v) is 6.63. The van der Waals surface area contributed by atoms with Crippen LogP contribution in [0.15, 0.2) is 24.3 Å². The Morgan fingerprint density at radius 3 is 2.38 bits per heavy atom. The highest BCUT2D eigenvalue weighted by Gasteiger charge is 2.34. The highest BCUT2D eigenvalue weighted by Crippen LogP contribution is 2.29. The predicted octanol–water partition coefficient (Wildman–Crippen LogP) is 0.925. The van der Waals surface area contributed by atoms with Gasteiger partial charge in [-0.05, 0) is 18.1 Å². The Kier molecular flexibility index (Phi) is 6.85. The van der Waals surface area contributed by atoms with Gasteiger partial charge in [0, 0.05) is 26.2 Å². The lowest BCUT2D eigenvalue weighted by atomic mass is 9.97. The van der Waals surface area contributed by atoms with Crippen LogP contribution in [0.2, 0.25) is 0 Å². The first-order valence-electron chi connectivity index (χ1n) is 8.60. The van der Waals surface area contributed by atoms with E-state index in [0.717, 1.165) is 11.4 Å². The number of carbonyl (C=O) groups excluding carboxylic acids is 1. The number of anilines is 1.